The molecule has 0 bridgehead atoms. The second kappa shape index (κ2) is 2.79. The van der Waals surface area contributed by atoms with Crippen molar-refractivity contribution < 1.29 is 5.11 Å². The van der Waals surface area contributed by atoms with Crippen molar-refractivity contribution in [3.8, 4) is 0 Å². The van der Waals surface area contributed by atoms with Crippen molar-refractivity contribution in [1.82, 2.24) is 15.0 Å². The van der Waals surface area contributed by atoms with Gasteiger partial charge >= 0.3 is 0 Å². The first-order valence-electron chi connectivity index (χ1n) is 5.02. The van der Waals surface area contributed by atoms with Gasteiger partial charge in [-0.15, -0.1) is 5.10 Å². The lowest BCUT2D eigenvalue weighted by Gasteiger charge is -2.14. The number of nitrogens with zero attached hydrogens (tertiary/aromatic N) is 3. The zero-order chi connectivity index (χ0) is 10.4. The van der Waals surface area contributed by atoms with Gasteiger partial charge < -0.3 is 5.11 Å². The zero-order valence-corrected chi connectivity index (χ0v) is 8.99. The van der Waals surface area contributed by atoms with Crippen LogP contribution in [0, 0.1) is 0 Å². The number of rotatable bonds is 2. The molecule has 2 rings (SSSR count). The van der Waals surface area contributed by atoms with E-state index in [0.717, 1.165) is 18.5 Å². The lowest BCUT2D eigenvalue weighted by molar-refractivity contribution is 0.200. The molecule has 78 valence electrons. The molecule has 0 atom stereocenters. The number of aromatic nitrogens is 3. The predicted molar refractivity (Wildman–Crippen MR) is 53.0 cm³/mol. The summed E-state index contributed by atoms with van der Waals surface area (Å²) in [6.07, 6.45) is 3.98. The van der Waals surface area contributed by atoms with Crippen molar-refractivity contribution in [1.29, 1.82) is 0 Å². The monoisotopic (exact) mass is 195 g/mol. The number of hydrogen-bond donors (Lipinski definition) is 1. The lowest BCUT2D eigenvalue weighted by Crippen LogP contribution is -2.22. The molecule has 0 amide bonds. The summed E-state index contributed by atoms with van der Waals surface area (Å²) in [6.45, 7) is 6.50. The van der Waals surface area contributed by atoms with Crippen molar-refractivity contribution >= 4 is 0 Å². The first kappa shape index (κ1) is 9.65. The standard InChI is InChI=1S/C10H17N3O/c1-9(2,3)8-6-13(12-11-8)10(7-14)4-5-10/h6,14H,4-5,7H2,1-3H3. The van der Waals surface area contributed by atoms with Gasteiger partial charge in [-0.05, 0) is 12.8 Å². The van der Waals surface area contributed by atoms with Crippen LogP contribution in [-0.2, 0) is 11.0 Å². The third-order valence-corrected chi connectivity index (χ3v) is 2.87. The maximum atomic E-state index is 9.23. The molecule has 4 nitrogen and oxygen atoms in total. The minimum Gasteiger partial charge on any atom is -0.394 e. The van der Waals surface area contributed by atoms with Crippen molar-refractivity contribution in [3.05, 3.63) is 11.9 Å². The van der Waals surface area contributed by atoms with Crippen LogP contribution in [0.5, 0.6) is 0 Å². The summed E-state index contributed by atoms with van der Waals surface area (Å²) in [6, 6.07) is 0. The smallest absolute Gasteiger partial charge is 0.0880 e. The Morgan fingerprint density at radius 3 is 2.50 bits per heavy atom. The van der Waals surface area contributed by atoms with Crippen molar-refractivity contribution in [2.24, 2.45) is 0 Å². The van der Waals surface area contributed by atoms with E-state index in [0.29, 0.717) is 0 Å². The average molecular weight is 195 g/mol. The SMILES string of the molecule is CC(C)(C)c1cn(C2(CO)CC2)nn1. The van der Waals surface area contributed by atoms with Gasteiger partial charge in [-0.25, -0.2) is 4.68 Å². The van der Waals surface area contributed by atoms with Gasteiger partial charge in [0.15, 0.2) is 0 Å². The van der Waals surface area contributed by atoms with Crippen LogP contribution in [0.2, 0.25) is 0 Å². The van der Waals surface area contributed by atoms with Crippen LogP contribution in [0.4, 0.5) is 0 Å². The first-order valence-corrected chi connectivity index (χ1v) is 5.02. The maximum absolute atomic E-state index is 9.23. The molecule has 0 radical (unpaired) electrons. The van der Waals surface area contributed by atoms with E-state index in [1.54, 1.807) is 0 Å². The molecule has 1 aromatic rings. The van der Waals surface area contributed by atoms with Gasteiger partial charge in [-0.2, -0.15) is 0 Å². The molecular weight excluding hydrogens is 178 g/mol. The van der Waals surface area contributed by atoms with Crippen LogP contribution in [0.15, 0.2) is 6.20 Å². The summed E-state index contributed by atoms with van der Waals surface area (Å²) in [5, 5.41) is 17.5. The Kier molecular flexibility index (Phi) is 1.93. The highest BCUT2D eigenvalue weighted by atomic mass is 16.3. The molecule has 14 heavy (non-hydrogen) atoms. The van der Waals surface area contributed by atoms with Gasteiger partial charge in [-0.1, -0.05) is 26.0 Å². The third-order valence-electron chi connectivity index (χ3n) is 2.87. The fraction of sp³-hybridized carbons (Fsp3) is 0.800. The maximum Gasteiger partial charge on any atom is 0.0880 e. The third kappa shape index (κ3) is 1.43. The molecule has 1 saturated carbocycles. The van der Waals surface area contributed by atoms with Gasteiger partial charge in [0, 0.05) is 11.6 Å². The van der Waals surface area contributed by atoms with Crippen LogP contribution in [0.1, 0.15) is 39.3 Å². The Balaban J connectivity index is 2.27. The highest BCUT2D eigenvalue weighted by molar-refractivity contribution is 5.10. The molecule has 0 aromatic carbocycles. The fourth-order valence-corrected chi connectivity index (χ4v) is 1.44. The van der Waals surface area contributed by atoms with Crippen molar-refractivity contribution in [3.63, 3.8) is 0 Å². The molecule has 1 aliphatic carbocycles. The Morgan fingerprint density at radius 1 is 1.50 bits per heavy atom. The molecule has 0 aliphatic heterocycles. The number of hydrogen-bond acceptors (Lipinski definition) is 3. The van der Waals surface area contributed by atoms with Gasteiger partial charge in [-0.3, -0.25) is 0 Å². The predicted octanol–water partition coefficient (Wildman–Crippen LogP) is 1.06. The molecule has 1 aromatic heterocycles. The molecule has 1 fully saturated rings. The summed E-state index contributed by atoms with van der Waals surface area (Å²) in [5.74, 6) is 0. The average Bonchev–Trinajstić information content (AvgIpc) is 2.73. The normalized spacial score (nSPS) is 19.7. The van der Waals surface area contributed by atoms with Crippen LogP contribution in [-0.4, -0.2) is 26.7 Å². The van der Waals surface area contributed by atoms with Gasteiger partial charge in [0.1, 0.15) is 0 Å². The van der Waals surface area contributed by atoms with Crippen LogP contribution in [0.25, 0.3) is 0 Å². The Hall–Kier alpha value is -0.900. The van der Waals surface area contributed by atoms with E-state index in [1.807, 2.05) is 10.9 Å². The molecule has 1 N–H and O–H groups in total. The minimum absolute atomic E-state index is 0.0315. The summed E-state index contributed by atoms with van der Waals surface area (Å²) >= 11 is 0. The lowest BCUT2D eigenvalue weighted by atomic mass is 9.93. The van der Waals surface area contributed by atoms with E-state index in [4.69, 9.17) is 0 Å². The molecule has 4 heteroatoms. The van der Waals surface area contributed by atoms with E-state index >= 15 is 0 Å². The highest BCUT2D eigenvalue weighted by Gasteiger charge is 2.45. The quantitative estimate of drug-likeness (QED) is 0.767. The van der Waals surface area contributed by atoms with E-state index in [2.05, 4.69) is 31.1 Å². The van der Waals surface area contributed by atoms with Crippen LogP contribution < -0.4 is 0 Å². The zero-order valence-electron chi connectivity index (χ0n) is 8.99. The van der Waals surface area contributed by atoms with Crippen LogP contribution >= 0.6 is 0 Å². The fourth-order valence-electron chi connectivity index (χ4n) is 1.44. The van der Waals surface area contributed by atoms with Crippen molar-refractivity contribution in [2.45, 2.75) is 44.6 Å². The van der Waals surface area contributed by atoms with Gasteiger partial charge in [0.2, 0.25) is 0 Å². The molecule has 0 spiro atoms. The first-order chi connectivity index (χ1) is 6.48. The Morgan fingerprint density at radius 2 is 2.14 bits per heavy atom. The summed E-state index contributed by atoms with van der Waals surface area (Å²) in [5.41, 5.74) is 0.887. The van der Waals surface area contributed by atoms with Gasteiger partial charge in [0.05, 0.1) is 17.8 Å². The van der Waals surface area contributed by atoms with E-state index < -0.39 is 0 Å². The summed E-state index contributed by atoms with van der Waals surface area (Å²) in [7, 11) is 0. The second-order valence-corrected chi connectivity index (χ2v) is 5.18. The molecular formula is C10H17N3O. The summed E-state index contributed by atoms with van der Waals surface area (Å²) < 4.78 is 1.83. The Labute approximate surface area is 83.9 Å². The number of aliphatic hydroxyl groups excluding tert-OH is 1. The van der Waals surface area contributed by atoms with Gasteiger partial charge in [0.25, 0.3) is 0 Å². The number of aliphatic hydroxyl groups is 1. The molecule has 0 saturated heterocycles. The minimum atomic E-state index is -0.128. The Bertz CT molecular complexity index is 333. The van der Waals surface area contributed by atoms with E-state index in [-0.39, 0.29) is 17.6 Å². The van der Waals surface area contributed by atoms with E-state index in [9.17, 15) is 5.11 Å². The van der Waals surface area contributed by atoms with Crippen molar-refractivity contribution in [2.75, 3.05) is 6.61 Å². The molecule has 1 heterocycles. The summed E-state index contributed by atoms with van der Waals surface area (Å²) in [4.78, 5) is 0. The second-order valence-electron chi connectivity index (χ2n) is 5.18. The highest BCUT2D eigenvalue weighted by Crippen LogP contribution is 2.42. The van der Waals surface area contributed by atoms with Crippen LogP contribution in [0.3, 0.4) is 0 Å². The van der Waals surface area contributed by atoms with E-state index in [1.165, 1.54) is 0 Å². The largest absolute Gasteiger partial charge is 0.394 e. The molecule has 0 unspecified atom stereocenters. The molecule has 1 aliphatic rings. The topological polar surface area (TPSA) is 50.9 Å².